The van der Waals surface area contributed by atoms with Gasteiger partial charge in [-0.1, -0.05) is 16.5 Å². The minimum atomic E-state index is -4.20. The summed E-state index contributed by atoms with van der Waals surface area (Å²) >= 11 is 5.95. The van der Waals surface area contributed by atoms with Crippen molar-refractivity contribution in [1.82, 2.24) is 19.6 Å². The molecule has 3 aromatic heterocycles. The van der Waals surface area contributed by atoms with Crippen LogP contribution in [0, 0.1) is 13.8 Å². The highest BCUT2D eigenvalue weighted by Gasteiger charge is 2.26. The fraction of sp³-hybridized carbons (Fsp3) is 0.346. The smallest absolute Gasteiger partial charge is 0.283 e. The first-order valence-electron chi connectivity index (χ1n) is 11.9. The zero-order chi connectivity index (χ0) is 28.7. The molecule has 11 nitrogen and oxygen atoms in total. The van der Waals surface area contributed by atoms with Crippen molar-refractivity contribution in [3.8, 4) is 17.1 Å². The molecule has 0 radical (unpaired) electrons. The number of sulfonamides is 1. The molecule has 0 aliphatic rings. The van der Waals surface area contributed by atoms with Crippen molar-refractivity contribution in [3.63, 3.8) is 0 Å². The van der Waals surface area contributed by atoms with Gasteiger partial charge in [0.15, 0.2) is 11.2 Å². The molecule has 0 bridgehead atoms. The van der Waals surface area contributed by atoms with Gasteiger partial charge in [-0.2, -0.15) is 5.10 Å². The molecular formula is C26H29ClN4O7S. The van der Waals surface area contributed by atoms with Gasteiger partial charge in [-0.05, 0) is 64.4 Å². The molecule has 13 heteroatoms. The molecule has 3 heterocycles. The van der Waals surface area contributed by atoms with E-state index in [1.165, 1.54) is 12.1 Å². The second kappa shape index (κ2) is 10.7. The lowest BCUT2D eigenvalue weighted by Gasteiger charge is -2.19. The van der Waals surface area contributed by atoms with Gasteiger partial charge in [0.05, 0.1) is 36.4 Å². The van der Waals surface area contributed by atoms with Crippen LogP contribution in [0.25, 0.3) is 22.3 Å². The Morgan fingerprint density at radius 3 is 2.64 bits per heavy atom. The van der Waals surface area contributed by atoms with E-state index in [-0.39, 0.29) is 28.5 Å². The van der Waals surface area contributed by atoms with Crippen LogP contribution in [0.5, 0.6) is 5.75 Å². The van der Waals surface area contributed by atoms with E-state index in [9.17, 15) is 18.3 Å². The summed E-state index contributed by atoms with van der Waals surface area (Å²) in [5, 5.41) is 14.3. The molecule has 0 amide bonds. The number of benzene rings is 1. The fourth-order valence-corrected chi connectivity index (χ4v) is 5.29. The number of pyridine rings is 1. The van der Waals surface area contributed by atoms with Crippen LogP contribution >= 0.6 is 11.6 Å². The maximum absolute atomic E-state index is 13.4. The Morgan fingerprint density at radius 1 is 1.26 bits per heavy atom. The Balaban J connectivity index is 1.83. The van der Waals surface area contributed by atoms with Crippen molar-refractivity contribution in [1.29, 1.82) is 0 Å². The number of hydrogen-bond donors (Lipinski definition) is 2. The zero-order valence-electron chi connectivity index (χ0n) is 22.3. The molecule has 0 saturated heterocycles. The van der Waals surface area contributed by atoms with Crippen LogP contribution in [0.2, 0.25) is 5.15 Å². The maximum atomic E-state index is 13.4. The highest BCUT2D eigenvalue weighted by Crippen LogP contribution is 2.34. The number of aryl methyl sites for hydroxylation is 1. The molecule has 0 aliphatic heterocycles. The van der Waals surface area contributed by atoms with Crippen LogP contribution in [-0.2, 0) is 21.4 Å². The van der Waals surface area contributed by atoms with E-state index in [0.717, 1.165) is 12.7 Å². The third kappa shape index (κ3) is 6.15. The van der Waals surface area contributed by atoms with Gasteiger partial charge in [-0.25, -0.2) is 13.4 Å². The maximum Gasteiger partial charge on any atom is 0.283 e. The largest absolute Gasteiger partial charge is 0.483 e. The molecule has 0 unspecified atom stereocenters. The van der Waals surface area contributed by atoms with Crippen LogP contribution in [0.3, 0.4) is 0 Å². The summed E-state index contributed by atoms with van der Waals surface area (Å²) in [4.78, 5) is 23.8. The summed E-state index contributed by atoms with van der Waals surface area (Å²) in [5.41, 5.74) is 1.35. The standard InChI is InChI=1S/C26H29ClN4O7S/c1-14-9-18(16(3)37-20-7-8-21(27)29-25(20)39(34,35)30-36-6)24-19(10-14)22(32)15(2)23(38-24)17-11-28-31(12-17)13-26(4,5)33/h7-12,16,30,33H,13H2,1-6H3/t16-/m1/s1. The highest BCUT2D eigenvalue weighted by molar-refractivity contribution is 7.89. The second-order valence-corrected chi connectivity index (χ2v) is 11.8. The molecule has 208 valence electrons. The predicted molar refractivity (Wildman–Crippen MR) is 145 cm³/mol. The highest BCUT2D eigenvalue weighted by atomic mass is 35.5. The molecule has 1 atom stereocenters. The SMILES string of the molecule is CONS(=O)(=O)c1nc(Cl)ccc1O[C@H](C)c1cc(C)cc2c(=O)c(C)c(-c3cnn(CC(C)(C)O)c3)oc12. The Bertz CT molecular complexity index is 1710. The van der Waals surface area contributed by atoms with Crippen LogP contribution in [0.4, 0.5) is 0 Å². The molecule has 0 aliphatic carbocycles. The second-order valence-electron chi connectivity index (χ2n) is 9.84. The first kappa shape index (κ1) is 28.7. The number of rotatable bonds is 9. The summed E-state index contributed by atoms with van der Waals surface area (Å²) in [6.07, 6.45) is 2.49. The van der Waals surface area contributed by atoms with Gasteiger partial charge >= 0.3 is 0 Å². The summed E-state index contributed by atoms with van der Waals surface area (Å²) in [6, 6.07) is 6.32. The summed E-state index contributed by atoms with van der Waals surface area (Å²) in [5.74, 6) is 0.251. The first-order chi connectivity index (χ1) is 18.2. The molecule has 4 rings (SSSR count). The van der Waals surface area contributed by atoms with E-state index in [4.69, 9.17) is 20.8 Å². The summed E-state index contributed by atoms with van der Waals surface area (Å²) < 4.78 is 39.2. The van der Waals surface area contributed by atoms with Crippen LogP contribution in [-0.4, -0.2) is 41.0 Å². The van der Waals surface area contributed by atoms with Gasteiger partial charge in [0.2, 0.25) is 5.03 Å². The normalized spacial score (nSPS) is 13.1. The zero-order valence-corrected chi connectivity index (χ0v) is 23.8. The number of nitrogens with one attached hydrogen (secondary N) is 1. The van der Waals surface area contributed by atoms with Gasteiger partial charge < -0.3 is 14.3 Å². The lowest BCUT2D eigenvalue weighted by molar-refractivity contribution is 0.0577. The van der Waals surface area contributed by atoms with Gasteiger partial charge in [-0.15, -0.1) is 0 Å². The number of fused-ring (bicyclic) bond motifs is 1. The Hall–Kier alpha value is -3.29. The van der Waals surface area contributed by atoms with Gasteiger partial charge in [0, 0.05) is 17.3 Å². The number of nitrogens with zero attached hydrogens (tertiary/aromatic N) is 3. The lowest BCUT2D eigenvalue weighted by atomic mass is 10.0. The molecule has 1 aromatic carbocycles. The summed E-state index contributed by atoms with van der Waals surface area (Å²) in [7, 11) is -3.05. The van der Waals surface area contributed by atoms with Gasteiger partial charge in [0.25, 0.3) is 10.0 Å². The van der Waals surface area contributed by atoms with E-state index >= 15 is 0 Å². The van der Waals surface area contributed by atoms with E-state index < -0.39 is 26.8 Å². The van der Waals surface area contributed by atoms with E-state index in [0.29, 0.717) is 27.8 Å². The molecule has 0 fully saturated rings. The third-order valence-electron chi connectivity index (χ3n) is 5.82. The number of hydrogen-bond acceptors (Lipinski definition) is 9. The number of aliphatic hydroxyl groups is 1. The van der Waals surface area contributed by atoms with E-state index in [1.54, 1.807) is 56.9 Å². The molecular weight excluding hydrogens is 548 g/mol. The molecule has 2 N–H and O–H groups in total. The molecule has 4 aromatic rings. The average Bonchev–Trinajstić information content (AvgIpc) is 3.28. The first-order valence-corrected chi connectivity index (χ1v) is 13.8. The quantitative estimate of drug-likeness (QED) is 0.222. The third-order valence-corrected chi connectivity index (χ3v) is 7.22. The van der Waals surface area contributed by atoms with Crippen molar-refractivity contribution in [3.05, 3.63) is 68.7 Å². The van der Waals surface area contributed by atoms with Gasteiger partial charge in [-0.3, -0.25) is 14.3 Å². The minimum absolute atomic E-state index is 0.0521. The Kier molecular flexibility index (Phi) is 7.88. The fourth-order valence-electron chi connectivity index (χ4n) is 4.20. The van der Waals surface area contributed by atoms with E-state index in [2.05, 4.69) is 14.9 Å². The Morgan fingerprint density at radius 2 is 1.97 bits per heavy atom. The van der Waals surface area contributed by atoms with Crippen LogP contribution in [0.1, 0.15) is 43.6 Å². The monoisotopic (exact) mass is 576 g/mol. The van der Waals surface area contributed by atoms with Crippen molar-refractivity contribution < 1.29 is 27.5 Å². The van der Waals surface area contributed by atoms with E-state index in [1.807, 2.05) is 11.8 Å². The number of aromatic nitrogens is 3. The van der Waals surface area contributed by atoms with Crippen molar-refractivity contribution in [2.45, 2.75) is 57.9 Å². The summed E-state index contributed by atoms with van der Waals surface area (Å²) in [6.45, 7) is 8.80. The molecule has 39 heavy (non-hydrogen) atoms. The van der Waals surface area contributed by atoms with Crippen molar-refractivity contribution >= 4 is 32.6 Å². The van der Waals surface area contributed by atoms with Crippen LogP contribution in [0.15, 0.2) is 50.9 Å². The predicted octanol–water partition coefficient (Wildman–Crippen LogP) is 4.07. The topological polar surface area (TPSA) is 146 Å². The lowest BCUT2D eigenvalue weighted by Crippen LogP contribution is -2.26. The number of ether oxygens (including phenoxy) is 1. The molecule has 0 saturated carbocycles. The van der Waals surface area contributed by atoms with Crippen molar-refractivity contribution in [2.24, 2.45) is 0 Å². The number of halogens is 1. The molecule has 0 spiro atoms. The van der Waals surface area contributed by atoms with Crippen LogP contribution < -0.4 is 15.1 Å². The average molecular weight is 577 g/mol. The van der Waals surface area contributed by atoms with Gasteiger partial charge in [0.1, 0.15) is 22.6 Å². The minimum Gasteiger partial charge on any atom is -0.483 e. The van der Waals surface area contributed by atoms with Crippen molar-refractivity contribution in [2.75, 3.05) is 7.11 Å². The Labute approximate surface area is 230 Å².